The fraction of sp³-hybridized carbons (Fsp3) is 0.917. The highest BCUT2D eigenvalue weighted by Gasteiger charge is 2.56. The second-order valence-corrected chi connectivity index (χ2v) is 16.2. The minimum Gasteiger partial charge on any atom is -0.394 e. The van der Waals surface area contributed by atoms with E-state index < -0.39 is 197 Å². The first-order chi connectivity index (χ1) is 30.1. The van der Waals surface area contributed by atoms with Gasteiger partial charge in [-0.2, -0.15) is 0 Å². The van der Waals surface area contributed by atoms with E-state index in [1.165, 1.54) is 6.92 Å². The molecule has 25 atom stereocenters. The highest BCUT2D eigenvalue weighted by Crippen LogP contribution is 2.34. The summed E-state index contributed by atoms with van der Waals surface area (Å²) in [7, 11) is 0. The Morgan fingerprint density at radius 1 is 0.438 bits per heavy atom. The molecular formula is C36H61N3O25. The number of carbonyl (C=O) groups is 3. The molecule has 5 aliphatic rings. The molecule has 16 N–H and O–H groups in total. The van der Waals surface area contributed by atoms with Gasteiger partial charge < -0.3 is 125 Å². The SMILES string of the molecule is CC(=O)N[C@@H]1[C@@H](O[C@@H]2O[C@H](CO)[C@H](O)[C@H](O[C@@H]3O[C@H](CO)[C@H](O)[C@H](O)[C@H]3NC(C)=O)[C@H]2O)[C@@H](O)[C@@H](CO[C@@H]2O[C@H](CO)[C@@H](O)[C@H](O[C@@H]3O[C@@H](C)[C@@H](O)[C@@H](O)[C@@H]3O)[C@H]2NC(C)=O)O[C@@H]1O. The lowest BCUT2D eigenvalue weighted by molar-refractivity contribution is -0.368. The zero-order valence-corrected chi connectivity index (χ0v) is 35.0. The van der Waals surface area contributed by atoms with Crippen LogP contribution in [0.1, 0.15) is 27.7 Å². The second-order valence-electron chi connectivity index (χ2n) is 16.2. The number of amides is 3. The van der Waals surface area contributed by atoms with Gasteiger partial charge in [-0.05, 0) is 6.92 Å². The molecule has 28 nitrogen and oxygen atoms in total. The lowest BCUT2D eigenvalue weighted by atomic mass is 9.94. The number of hydrogen-bond donors (Lipinski definition) is 16. The average Bonchev–Trinajstić information content (AvgIpc) is 3.24. The molecule has 0 aromatic carbocycles. The van der Waals surface area contributed by atoms with Gasteiger partial charge in [0.05, 0.1) is 32.5 Å². The van der Waals surface area contributed by atoms with E-state index in [2.05, 4.69) is 16.0 Å². The van der Waals surface area contributed by atoms with Crippen LogP contribution in [-0.2, 0) is 57.0 Å². The Bertz CT molecular complexity index is 1540. The Labute approximate surface area is 364 Å². The molecule has 5 rings (SSSR count). The number of ether oxygens (including phenoxy) is 9. The first-order valence-electron chi connectivity index (χ1n) is 20.4. The van der Waals surface area contributed by atoms with Gasteiger partial charge in [-0.15, -0.1) is 0 Å². The lowest BCUT2D eigenvalue weighted by Gasteiger charge is -2.49. The van der Waals surface area contributed by atoms with Crippen LogP contribution in [0.4, 0.5) is 0 Å². The van der Waals surface area contributed by atoms with Gasteiger partial charge in [0.1, 0.15) is 116 Å². The summed E-state index contributed by atoms with van der Waals surface area (Å²) >= 11 is 0. The van der Waals surface area contributed by atoms with Crippen LogP contribution < -0.4 is 16.0 Å². The van der Waals surface area contributed by atoms with Gasteiger partial charge in [-0.3, -0.25) is 14.4 Å². The van der Waals surface area contributed by atoms with E-state index in [4.69, 9.17) is 42.6 Å². The standard InChI is InChI=1S/C36H61N3O25/c1-9-20(46)26(52)27(53)35(57-9)63-30-19(39-12(4)45)33(59-14(6-41)22(30)48)56-8-16-24(50)29(18(32(55)58-16)38-11(3)44)62-36-28(54)31(23(49)15(7-42)61-36)64-34-17(37-10(2)43)25(51)21(47)13(5-40)60-34/h9,13-36,40-42,46-55H,5-8H2,1-4H3,(H,37,43)(H,38,44)(H,39,45)/t9-,13+,14+,15+,16+,17+,18+,19+,20+,21-,22+,23-,24-,25+,26+,27-,28+,29+,30+,31-,32-,33+,34-,35-,36-/m0/s1. The normalized spacial score (nSPS) is 47.7. The Kier molecular flexibility index (Phi) is 18.5. The summed E-state index contributed by atoms with van der Waals surface area (Å²) in [5.41, 5.74) is 0. The van der Waals surface area contributed by atoms with Crippen molar-refractivity contribution in [2.75, 3.05) is 26.4 Å². The molecule has 64 heavy (non-hydrogen) atoms. The topological polar surface area (TPSA) is 433 Å². The smallest absolute Gasteiger partial charge is 0.217 e. The van der Waals surface area contributed by atoms with Crippen molar-refractivity contribution in [2.24, 2.45) is 0 Å². The summed E-state index contributed by atoms with van der Waals surface area (Å²) in [6.45, 7) is 1.14. The van der Waals surface area contributed by atoms with Gasteiger partial charge in [-0.25, -0.2) is 0 Å². The first-order valence-corrected chi connectivity index (χ1v) is 20.4. The largest absolute Gasteiger partial charge is 0.394 e. The lowest BCUT2D eigenvalue weighted by Crippen LogP contribution is -2.70. The number of hydrogen-bond acceptors (Lipinski definition) is 25. The van der Waals surface area contributed by atoms with Gasteiger partial charge in [0.25, 0.3) is 0 Å². The van der Waals surface area contributed by atoms with Crippen LogP contribution in [-0.4, -0.2) is 264 Å². The Hall–Kier alpha value is -2.47. The maximum absolute atomic E-state index is 12.4. The van der Waals surface area contributed by atoms with E-state index in [0.29, 0.717) is 0 Å². The summed E-state index contributed by atoms with van der Waals surface area (Å²) < 4.78 is 51.5. The Balaban J connectivity index is 1.38. The monoisotopic (exact) mass is 935 g/mol. The van der Waals surface area contributed by atoms with Crippen LogP contribution in [0.25, 0.3) is 0 Å². The highest BCUT2D eigenvalue weighted by atomic mass is 16.8. The van der Waals surface area contributed by atoms with Crippen LogP contribution in [0.2, 0.25) is 0 Å². The highest BCUT2D eigenvalue weighted by molar-refractivity contribution is 5.74. The zero-order chi connectivity index (χ0) is 47.5. The molecule has 370 valence electrons. The van der Waals surface area contributed by atoms with Crippen molar-refractivity contribution in [3.05, 3.63) is 0 Å². The minimum atomic E-state index is -2.11. The summed E-state index contributed by atoms with van der Waals surface area (Å²) in [4.78, 5) is 36.7. The van der Waals surface area contributed by atoms with Crippen molar-refractivity contribution in [1.29, 1.82) is 0 Å². The van der Waals surface area contributed by atoms with Crippen molar-refractivity contribution >= 4 is 17.7 Å². The quantitative estimate of drug-likeness (QED) is 0.0725. The van der Waals surface area contributed by atoms with Gasteiger partial charge in [-0.1, -0.05) is 0 Å². The summed E-state index contributed by atoms with van der Waals surface area (Å²) in [6.07, 6.45) is -38.2. The fourth-order valence-corrected chi connectivity index (χ4v) is 8.07. The molecule has 0 spiro atoms. The molecule has 0 radical (unpaired) electrons. The van der Waals surface area contributed by atoms with Crippen LogP contribution in [0.5, 0.6) is 0 Å². The molecule has 5 aliphatic heterocycles. The van der Waals surface area contributed by atoms with E-state index >= 15 is 0 Å². The van der Waals surface area contributed by atoms with Gasteiger partial charge in [0.2, 0.25) is 17.7 Å². The number of rotatable bonds is 15. The third kappa shape index (κ3) is 11.6. The minimum absolute atomic E-state index is 0.724. The van der Waals surface area contributed by atoms with E-state index in [-0.39, 0.29) is 0 Å². The van der Waals surface area contributed by atoms with Crippen LogP contribution in [0.3, 0.4) is 0 Å². The molecule has 0 saturated carbocycles. The maximum atomic E-state index is 12.4. The van der Waals surface area contributed by atoms with Crippen LogP contribution in [0, 0.1) is 0 Å². The molecule has 5 fully saturated rings. The molecule has 0 aromatic heterocycles. The summed E-state index contributed by atoms with van der Waals surface area (Å²) in [5.74, 6) is -2.22. The molecular weight excluding hydrogens is 874 g/mol. The van der Waals surface area contributed by atoms with E-state index in [1.807, 2.05) is 0 Å². The second kappa shape index (κ2) is 22.6. The molecule has 28 heteroatoms. The van der Waals surface area contributed by atoms with Crippen molar-refractivity contribution in [2.45, 2.75) is 181 Å². The maximum Gasteiger partial charge on any atom is 0.217 e. The van der Waals surface area contributed by atoms with Crippen molar-refractivity contribution in [3.63, 3.8) is 0 Å². The molecule has 0 unspecified atom stereocenters. The van der Waals surface area contributed by atoms with Gasteiger partial charge in [0.15, 0.2) is 31.5 Å². The van der Waals surface area contributed by atoms with Crippen molar-refractivity contribution in [3.8, 4) is 0 Å². The van der Waals surface area contributed by atoms with Gasteiger partial charge >= 0.3 is 0 Å². The van der Waals surface area contributed by atoms with E-state index in [0.717, 1.165) is 20.8 Å². The molecule has 0 bridgehead atoms. The molecule has 3 amide bonds. The molecule has 0 aromatic rings. The molecule has 5 saturated heterocycles. The van der Waals surface area contributed by atoms with Gasteiger partial charge in [0, 0.05) is 20.8 Å². The molecule has 0 aliphatic carbocycles. The Morgan fingerprint density at radius 2 is 0.875 bits per heavy atom. The third-order valence-corrected chi connectivity index (χ3v) is 11.5. The predicted molar refractivity (Wildman–Crippen MR) is 200 cm³/mol. The fourth-order valence-electron chi connectivity index (χ4n) is 8.07. The zero-order valence-electron chi connectivity index (χ0n) is 35.0. The summed E-state index contributed by atoms with van der Waals surface area (Å²) in [5, 5.41) is 146. The first kappa shape index (κ1) is 52.5. The number of aliphatic hydroxyl groups excluding tert-OH is 13. The average molecular weight is 936 g/mol. The number of nitrogens with one attached hydrogen (secondary N) is 3. The van der Waals surface area contributed by atoms with Crippen LogP contribution >= 0.6 is 0 Å². The van der Waals surface area contributed by atoms with E-state index in [1.54, 1.807) is 0 Å². The number of aliphatic hydroxyl groups is 13. The third-order valence-electron chi connectivity index (χ3n) is 11.5. The predicted octanol–water partition coefficient (Wildman–Crippen LogP) is -10.5. The van der Waals surface area contributed by atoms with E-state index in [9.17, 15) is 80.8 Å². The number of carbonyl (C=O) groups excluding carboxylic acids is 3. The molecule has 5 heterocycles. The van der Waals surface area contributed by atoms with Crippen molar-refractivity contribution < 1.29 is 123 Å². The Morgan fingerprint density at radius 3 is 1.44 bits per heavy atom. The van der Waals surface area contributed by atoms with Crippen LogP contribution in [0.15, 0.2) is 0 Å². The van der Waals surface area contributed by atoms with Crippen molar-refractivity contribution in [1.82, 2.24) is 16.0 Å². The summed E-state index contributed by atoms with van der Waals surface area (Å²) in [6, 6.07) is -4.69.